The third-order valence-corrected chi connectivity index (χ3v) is 4.77. The molecule has 0 saturated carbocycles. The Balaban J connectivity index is 1.86. The summed E-state index contributed by atoms with van der Waals surface area (Å²) in [6, 6.07) is 15.8. The normalized spacial score (nSPS) is 11.4. The summed E-state index contributed by atoms with van der Waals surface area (Å²) >= 11 is 0. The summed E-state index contributed by atoms with van der Waals surface area (Å²) in [5, 5.41) is 9.16. The number of nitrogens with zero attached hydrogens (tertiary/aromatic N) is 1. The van der Waals surface area contributed by atoms with Gasteiger partial charge in [0.25, 0.3) is 0 Å². The number of aromatic carboxylic acids is 1. The van der Waals surface area contributed by atoms with Gasteiger partial charge in [0.05, 0.1) is 18.4 Å². The van der Waals surface area contributed by atoms with Crippen LogP contribution in [0, 0.1) is 0 Å². The fraction of sp³-hybridized carbons (Fsp3) is 0.250. The number of ether oxygens (including phenoxy) is 2. The Morgan fingerprint density at radius 1 is 1.03 bits per heavy atom. The number of hydrogen-bond acceptors (Lipinski definition) is 4. The minimum atomic E-state index is -4.34. The van der Waals surface area contributed by atoms with E-state index >= 15 is 0 Å². The SMILES string of the molecule is COc1ccc(-c2ncc(CCCOCC(F)(F)F)cc2-c2ccc(C(=O)O)cc2)cc1. The van der Waals surface area contributed by atoms with Gasteiger partial charge in [0.2, 0.25) is 0 Å². The van der Waals surface area contributed by atoms with Crippen LogP contribution in [0.15, 0.2) is 60.8 Å². The van der Waals surface area contributed by atoms with Crippen LogP contribution in [0.25, 0.3) is 22.4 Å². The van der Waals surface area contributed by atoms with Gasteiger partial charge in [-0.2, -0.15) is 13.2 Å². The molecule has 0 spiro atoms. The van der Waals surface area contributed by atoms with E-state index in [1.54, 1.807) is 25.4 Å². The van der Waals surface area contributed by atoms with Gasteiger partial charge in [0.15, 0.2) is 0 Å². The van der Waals surface area contributed by atoms with E-state index in [2.05, 4.69) is 9.72 Å². The number of halogens is 3. The van der Waals surface area contributed by atoms with Gasteiger partial charge in [-0.15, -0.1) is 0 Å². The van der Waals surface area contributed by atoms with Crippen molar-refractivity contribution in [2.45, 2.75) is 19.0 Å². The van der Waals surface area contributed by atoms with Crippen molar-refractivity contribution in [2.75, 3.05) is 20.3 Å². The first kappa shape index (κ1) is 23.3. The minimum Gasteiger partial charge on any atom is -0.497 e. The van der Waals surface area contributed by atoms with Gasteiger partial charge in [0.1, 0.15) is 12.4 Å². The molecule has 0 aliphatic carbocycles. The molecular weight excluding hydrogens is 423 g/mol. The number of carboxylic acids is 1. The summed E-state index contributed by atoms with van der Waals surface area (Å²) in [5.41, 5.74) is 4.14. The van der Waals surface area contributed by atoms with Gasteiger partial charge in [-0.25, -0.2) is 4.79 Å². The molecule has 3 aromatic rings. The Bertz CT molecular complexity index is 1050. The van der Waals surface area contributed by atoms with E-state index in [0.717, 1.165) is 22.3 Å². The maximum atomic E-state index is 12.2. The van der Waals surface area contributed by atoms with Crippen molar-refractivity contribution < 1.29 is 32.5 Å². The standard InChI is InChI=1S/C24H22F3NO4/c1-31-20-10-8-18(9-11-20)22-21(17-4-6-19(7-5-17)23(29)30)13-16(14-28-22)3-2-12-32-15-24(25,26)27/h4-11,13-14H,2-3,12,15H2,1H3,(H,29,30). The van der Waals surface area contributed by atoms with E-state index in [1.165, 1.54) is 12.1 Å². The molecule has 2 aromatic carbocycles. The number of rotatable bonds is 9. The number of alkyl halides is 3. The quantitative estimate of drug-likeness (QED) is 0.432. The first-order chi connectivity index (χ1) is 15.3. The molecule has 5 nitrogen and oxygen atoms in total. The lowest BCUT2D eigenvalue weighted by Gasteiger charge is -2.13. The molecule has 1 aromatic heterocycles. The number of hydrogen-bond donors (Lipinski definition) is 1. The van der Waals surface area contributed by atoms with Crippen LogP contribution < -0.4 is 4.74 Å². The van der Waals surface area contributed by atoms with Crippen LogP contribution in [-0.4, -0.2) is 42.6 Å². The lowest BCUT2D eigenvalue weighted by molar-refractivity contribution is -0.174. The van der Waals surface area contributed by atoms with Gasteiger partial charge in [-0.1, -0.05) is 12.1 Å². The predicted molar refractivity (Wildman–Crippen MR) is 114 cm³/mol. The Morgan fingerprint density at radius 3 is 2.28 bits per heavy atom. The molecule has 0 aliphatic heterocycles. The van der Waals surface area contributed by atoms with Crippen LogP contribution in [-0.2, 0) is 11.2 Å². The first-order valence-electron chi connectivity index (χ1n) is 9.88. The zero-order valence-corrected chi connectivity index (χ0v) is 17.4. The number of benzene rings is 2. The van der Waals surface area contributed by atoms with Crippen molar-refractivity contribution in [2.24, 2.45) is 0 Å². The zero-order chi connectivity index (χ0) is 23.1. The van der Waals surface area contributed by atoms with Crippen LogP contribution in [0.4, 0.5) is 13.2 Å². The molecule has 8 heteroatoms. The Morgan fingerprint density at radius 2 is 1.69 bits per heavy atom. The number of aromatic nitrogens is 1. The molecule has 0 radical (unpaired) electrons. The average Bonchev–Trinajstić information content (AvgIpc) is 2.78. The van der Waals surface area contributed by atoms with Crippen molar-refractivity contribution in [1.29, 1.82) is 0 Å². The second kappa shape index (κ2) is 10.3. The molecule has 1 N–H and O–H groups in total. The largest absolute Gasteiger partial charge is 0.497 e. The highest BCUT2D eigenvalue weighted by Crippen LogP contribution is 2.32. The Labute approximate surface area is 183 Å². The molecule has 0 unspecified atom stereocenters. The fourth-order valence-electron chi connectivity index (χ4n) is 3.20. The van der Waals surface area contributed by atoms with Crippen molar-refractivity contribution in [1.82, 2.24) is 4.98 Å². The number of pyridine rings is 1. The molecule has 0 fully saturated rings. The number of methoxy groups -OCH3 is 1. The second-order valence-corrected chi connectivity index (χ2v) is 7.12. The van der Waals surface area contributed by atoms with Crippen LogP contribution in [0.1, 0.15) is 22.3 Å². The monoisotopic (exact) mass is 445 g/mol. The zero-order valence-electron chi connectivity index (χ0n) is 17.4. The smallest absolute Gasteiger partial charge is 0.411 e. The summed E-state index contributed by atoms with van der Waals surface area (Å²) in [7, 11) is 1.58. The molecule has 0 amide bonds. The maximum absolute atomic E-state index is 12.2. The average molecular weight is 445 g/mol. The first-order valence-corrected chi connectivity index (χ1v) is 9.88. The molecular formula is C24H22F3NO4. The third kappa shape index (κ3) is 6.31. The predicted octanol–water partition coefficient (Wildman–Crippen LogP) is 5.63. The molecule has 0 aliphatic rings. The minimum absolute atomic E-state index is 0.0115. The van der Waals surface area contributed by atoms with Gasteiger partial charge in [-0.3, -0.25) is 4.98 Å². The van der Waals surface area contributed by atoms with Crippen LogP contribution in [0.5, 0.6) is 5.75 Å². The van der Waals surface area contributed by atoms with Gasteiger partial charge in [-0.05, 0) is 66.4 Å². The molecule has 168 valence electrons. The Hall–Kier alpha value is -3.39. The summed E-state index contributed by atoms with van der Waals surface area (Å²) in [6.07, 6.45) is -1.74. The third-order valence-electron chi connectivity index (χ3n) is 4.77. The summed E-state index contributed by atoms with van der Waals surface area (Å²) in [4.78, 5) is 15.8. The highest BCUT2D eigenvalue weighted by molar-refractivity contribution is 5.89. The van der Waals surface area contributed by atoms with Crippen molar-refractivity contribution in [3.8, 4) is 28.1 Å². The number of carbonyl (C=O) groups is 1. The van der Waals surface area contributed by atoms with Gasteiger partial charge in [0, 0.05) is 23.9 Å². The molecule has 3 rings (SSSR count). The molecule has 0 atom stereocenters. The summed E-state index contributed by atoms with van der Waals surface area (Å²) in [6.45, 7) is -1.27. The van der Waals surface area contributed by atoms with Crippen LogP contribution >= 0.6 is 0 Å². The maximum Gasteiger partial charge on any atom is 0.411 e. The molecule has 1 heterocycles. The second-order valence-electron chi connectivity index (χ2n) is 7.12. The van der Waals surface area contributed by atoms with E-state index < -0.39 is 18.8 Å². The van der Waals surface area contributed by atoms with Crippen molar-refractivity contribution >= 4 is 5.97 Å². The van der Waals surface area contributed by atoms with Crippen molar-refractivity contribution in [3.05, 3.63) is 71.9 Å². The van der Waals surface area contributed by atoms with Crippen molar-refractivity contribution in [3.63, 3.8) is 0 Å². The van der Waals surface area contributed by atoms with E-state index in [0.29, 0.717) is 24.3 Å². The summed E-state index contributed by atoms with van der Waals surface area (Å²) in [5.74, 6) is -0.311. The Kier molecular flexibility index (Phi) is 7.48. The summed E-state index contributed by atoms with van der Waals surface area (Å²) < 4.78 is 46.5. The highest BCUT2D eigenvalue weighted by atomic mass is 19.4. The van der Waals surface area contributed by atoms with Gasteiger partial charge < -0.3 is 14.6 Å². The van der Waals surface area contributed by atoms with E-state index in [1.807, 2.05) is 30.3 Å². The molecule has 0 bridgehead atoms. The highest BCUT2D eigenvalue weighted by Gasteiger charge is 2.27. The van der Waals surface area contributed by atoms with Crippen LogP contribution in [0.3, 0.4) is 0 Å². The number of aryl methyl sites for hydroxylation is 1. The van der Waals surface area contributed by atoms with E-state index in [9.17, 15) is 18.0 Å². The van der Waals surface area contributed by atoms with E-state index in [-0.39, 0.29) is 12.2 Å². The van der Waals surface area contributed by atoms with Crippen LogP contribution in [0.2, 0.25) is 0 Å². The molecule has 0 saturated heterocycles. The lowest BCUT2D eigenvalue weighted by Crippen LogP contribution is -2.17. The number of carboxylic acid groups (broad SMARTS) is 1. The van der Waals surface area contributed by atoms with E-state index in [4.69, 9.17) is 9.84 Å². The molecule has 32 heavy (non-hydrogen) atoms. The topological polar surface area (TPSA) is 68.7 Å². The lowest BCUT2D eigenvalue weighted by atomic mass is 9.96. The van der Waals surface area contributed by atoms with Gasteiger partial charge >= 0.3 is 12.1 Å². The fourth-order valence-corrected chi connectivity index (χ4v) is 3.20.